The molecule has 2 aliphatic rings. The summed E-state index contributed by atoms with van der Waals surface area (Å²) >= 11 is 0. The topological polar surface area (TPSA) is 25.8 Å². The lowest BCUT2D eigenvalue weighted by Gasteiger charge is -2.06. The quantitative estimate of drug-likeness (QED) is 0.688. The summed E-state index contributed by atoms with van der Waals surface area (Å²) in [6, 6.07) is 0. The predicted octanol–water partition coefficient (Wildman–Crippen LogP) is 2.54. The van der Waals surface area contributed by atoms with E-state index >= 15 is 0 Å². The number of aromatic nitrogens is 2. The Kier molecular flexibility index (Phi) is 1.46. The molecule has 0 spiro atoms. The van der Waals surface area contributed by atoms with E-state index in [1.165, 1.54) is 42.6 Å². The van der Waals surface area contributed by atoms with E-state index in [0.29, 0.717) is 0 Å². The maximum atomic E-state index is 4.40. The largest absolute Gasteiger partial charge is 0.241 e. The molecule has 0 amide bonds. The van der Waals surface area contributed by atoms with Crippen molar-refractivity contribution in [3.8, 4) is 0 Å². The molecule has 0 bridgehead atoms. The Morgan fingerprint density at radius 1 is 1.00 bits per heavy atom. The fourth-order valence-electron chi connectivity index (χ4n) is 2.01. The minimum atomic E-state index is 0.764. The number of hydrogen-bond donors (Lipinski definition) is 0. The van der Waals surface area contributed by atoms with Crippen molar-refractivity contribution in [1.29, 1.82) is 0 Å². The van der Waals surface area contributed by atoms with Gasteiger partial charge in [0.05, 0.1) is 11.4 Å². The van der Waals surface area contributed by atoms with Gasteiger partial charge in [-0.2, -0.15) is 0 Å². The van der Waals surface area contributed by atoms with E-state index in [4.69, 9.17) is 0 Å². The van der Waals surface area contributed by atoms with Gasteiger partial charge in [0.25, 0.3) is 0 Å². The third kappa shape index (κ3) is 1.25. The highest BCUT2D eigenvalue weighted by Crippen LogP contribution is 2.45. The zero-order chi connectivity index (χ0) is 8.84. The highest BCUT2D eigenvalue weighted by molar-refractivity contribution is 5.32. The molecule has 0 atom stereocenters. The summed E-state index contributed by atoms with van der Waals surface area (Å²) in [7, 11) is 0. The van der Waals surface area contributed by atoms with Crippen molar-refractivity contribution < 1.29 is 0 Å². The van der Waals surface area contributed by atoms with Gasteiger partial charge < -0.3 is 0 Å². The smallest absolute Gasteiger partial charge is 0.115 e. The highest BCUT2D eigenvalue weighted by atomic mass is 14.9. The standard InChI is InChI=1S/C11H14N2/c1-7-10(8-2-3-8)12-6-13-11(7)9-4-5-9/h6,8-9H,2-5H2,1H3. The second-order valence-corrected chi connectivity index (χ2v) is 4.32. The van der Waals surface area contributed by atoms with Gasteiger partial charge in [-0.3, -0.25) is 0 Å². The molecule has 0 saturated heterocycles. The lowest BCUT2D eigenvalue weighted by atomic mass is 10.1. The van der Waals surface area contributed by atoms with Crippen LogP contribution in [0, 0.1) is 6.92 Å². The van der Waals surface area contributed by atoms with E-state index in [-0.39, 0.29) is 0 Å². The first-order valence-corrected chi connectivity index (χ1v) is 5.17. The SMILES string of the molecule is Cc1c(C2CC2)ncnc1C1CC1. The fraction of sp³-hybridized carbons (Fsp3) is 0.636. The van der Waals surface area contributed by atoms with Crippen LogP contribution in [-0.4, -0.2) is 9.97 Å². The zero-order valence-electron chi connectivity index (χ0n) is 7.95. The normalized spacial score (nSPS) is 21.9. The molecule has 1 heterocycles. The summed E-state index contributed by atoms with van der Waals surface area (Å²) in [6.07, 6.45) is 7.10. The number of hydrogen-bond acceptors (Lipinski definition) is 2. The Morgan fingerprint density at radius 2 is 1.46 bits per heavy atom. The van der Waals surface area contributed by atoms with E-state index < -0.39 is 0 Å². The molecule has 0 N–H and O–H groups in total. The number of nitrogens with zero attached hydrogens (tertiary/aromatic N) is 2. The molecule has 1 aromatic heterocycles. The maximum absolute atomic E-state index is 4.40. The van der Waals surface area contributed by atoms with Crippen molar-refractivity contribution in [3.63, 3.8) is 0 Å². The summed E-state index contributed by atoms with van der Waals surface area (Å²) in [4.78, 5) is 8.80. The average molecular weight is 174 g/mol. The molecule has 1 aromatic rings. The van der Waals surface area contributed by atoms with Crippen LogP contribution in [0.15, 0.2) is 6.33 Å². The Hall–Kier alpha value is -0.920. The van der Waals surface area contributed by atoms with Crippen LogP contribution in [-0.2, 0) is 0 Å². The van der Waals surface area contributed by atoms with Gasteiger partial charge in [0, 0.05) is 11.8 Å². The predicted molar refractivity (Wildman–Crippen MR) is 50.7 cm³/mol. The first-order chi connectivity index (χ1) is 6.36. The van der Waals surface area contributed by atoms with Gasteiger partial charge in [-0.15, -0.1) is 0 Å². The minimum absolute atomic E-state index is 0.764. The lowest BCUT2D eigenvalue weighted by Crippen LogP contribution is -1.99. The summed E-state index contributed by atoms with van der Waals surface area (Å²) in [6.45, 7) is 2.20. The Labute approximate surface area is 78.4 Å². The van der Waals surface area contributed by atoms with E-state index in [2.05, 4.69) is 16.9 Å². The van der Waals surface area contributed by atoms with Gasteiger partial charge in [0.2, 0.25) is 0 Å². The van der Waals surface area contributed by atoms with Crippen LogP contribution in [0.3, 0.4) is 0 Å². The molecular formula is C11H14N2. The van der Waals surface area contributed by atoms with Crippen LogP contribution in [0.4, 0.5) is 0 Å². The Morgan fingerprint density at radius 3 is 1.85 bits per heavy atom. The summed E-state index contributed by atoms with van der Waals surface area (Å²) < 4.78 is 0. The minimum Gasteiger partial charge on any atom is -0.241 e. The third-order valence-corrected chi connectivity index (χ3v) is 3.09. The van der Waals surface area contributed by atoms with E-state index in [9.17, 15) is 0 Å². The highest BCUT2D eigenvalue weighted by Gasteiger charge is 2.32. The van der Waals surface area contributed by atoms with Gasteiger partial charge in [-0.25, -0.2) is 9.97 Å². The Bertz CT molecular complexity index is 308. The third-order valence-electron chi connectivity index (χ3n) is 3.09. The molecular weight excluding hydrogens is 160 g/mol. The molecule has 0 aliphatic heterocycles. The molecule has 0 aromatic carbocycles. The van der Waals surface area contributed by atoms with Crippen LogP contribution < -0.4 is 0 Å². The first-order valence-electron chi connectivity index (χ1n) is 5.17. The summed E-state index contributed by atoms with van der Waals surface area (Å²) in [5, 5.41) is 0. The van der Waals surface area contributed by atoms with Crippen LogP contribution in [0.1, 0.15) is 54.5 Å². The van der Waals surface area contributed by atoms with Gasteiger partial charge in [0.1, 0.15) is 6.33 Å². The lowest BCUT2D eigenvalue weighted by molar-refractivity contribution is 0.892. The van der Waals surface area contributed by atoms with Gasteiger partial charge >= 0.3 is 0 Å². The van der Waals surface area contributed by atoms with Crippen molar-refractivity contribution in [1.82, 2.24) is 9.97 Å². The van der Waals surface area contributed by atoms with E-state index in [1.807, 2.05) is 0 Å². The molecule has 3 rings (SSSR count). The molecule has 13 heavy (non-hydrogen) atoms. The van der Waals surface area contributed by atoms with Crippen molar-refractivity contribution in [2.45, 2.75) is 44.4 Å². The molecule has 2 nitrogen and oxygen atoms in total. The number of rotatable bonds is 2. The van der Waals surface area contributed by atoms with Crippen LogP contribution in [0.2, 0.25) is 0 Å². The monoisotopic (exact) mass is 174 g/mol. The zero-order valence-corrected chi connectivity index (χ0v) is 7.95. The van der Waals surface area contributed by atoms with Crippen molar-refractivity contribution in [2.75, 3.05) is 0 Å². The average Bonchev–Trinajstić information content (AvgIpc) is 3.00. The van der Waals surface area contributed by atoms with Crippen molar-refractivity contribution >= 4 is 0 Å². The molecule has 2 fully saturated rings. The van der Waals surface area contributed by atoms with Crippen LogP contribution in [0.5, 0.6) is 0 Å². The molecule has 0 radical (unpaired) electrons. The van der Waals surface area contributed by atoms with Crippen LogP contribution >= 0.6 is 0 Å². The van der Waals surface area contributed by atoms with Gasteiger partial charge in [0.15, 0.2) is 0 Å². The molecule has 2 saturated carbocycles. The fourth-order valence-corrected chi connectivity index (χ4v) is 2.01. The van der Waals surface area contributed by atoms with E-state index in [1.54, 1.807) is 6.33 Å². The van der Waals surface area contributed by atoms with Crippen molar-refractivity contribution in [2.24, 2.45) is 0 Å². The maximum Gasteiger partial charge on any atom is 0.115 e. The van der Waals surface area contributed by atoms with Crippen molar-refractivity contribution in [3.05, 3.63) is 23.3 Å². The van der Waals surface area contributed by atoms with Crippen LogP contribution in [0.25, 0.3) is 0 Å². The summed E-state index contributed by atoms with van der Waals surface area (Å²) in [5.41, 5.74) is 4.04. The van der Waals surface area contributed by atoms with E-state index in [0.717, 1.165) is 11.8 Å². The molecule has 2 heteroatoms. The first kappa shape index (κ1) is 7.48. The second kappa shape index (κ2) is 2.53. The Balaban J connectivity index is 2.04. The second-order valence-electron chi connectivity index (χ2n) is 4.32. The molecule has 0 unspecified atom stereocenters. The molecule has 2 aliphatic carbocycles. The van der Waals surface area contributed by atoms with Gasteiger partial charge in [-0.05, 0) is 38.2 Å². The molecule has 68 valence electrons. The summed E-state index contributed by atoms with van der Waals surface area (Å²) in [5.74, 6) is 1.53. The van der Waals surface area contributed by atoms with Gasteiger partial charge in [-0.1, -0.05) is 0 Å².